The van der Waals surface area contributed by atoms with Crippen LogP contribution in [0.5, 0.6) is 0 Å². The van der Waals surface area contributed by atoms with Crippen LogP contribution in [0.4, 0.5) is 4.79 Å². The lowest BCUT2D eigenvalue weighted by Gasteiger charge is -2.35. The Morgan fingerprint density at radius 3 is 2.23 bits per heavy atom. The molecule has 5 atom stereocenters. The van der Waals surface area contributed by atoms with Crippen LogP contribution in [0.15, 0.2) is 35.4 Å². The quantitative estimate of drug-likeness (QED) is 0.0741. The lowest BCUT2D eigenvalue weighted by Crippen LogP contribution is -2.59. The Morgan fingerprint density at radius 1 is 1.00 bits per heavy atom. The number of alkyl carbamates (subject to hydrolysis) is 1. The molecule has 1 aromatic rings. The van der Waals surface area contributed by atoms with E-state index in [-0.39, 0.29) is 38.5 Å². The molecule has 1 aliphatic heterocycles. The number of amides is 5. The molecule has 0 aliphatic carbocycles. The fraction of sp³-hybridized carbons (Fsp3) is 0.676. The van der Waals surface area contributed by atoms with E-state index in [0.29, 0.717) is 18.4 Å². The summed E-state index contributed by atoms with van der Waals surface area (Å²) >= 11 is 0. The number of nitrogens with zero attached hydrogens (tertiary/aromatic N) is 4. The first-order chi connectivity index (χ1) is 24.8. The van der Waals surface area contributed by atoms with Crippen molar-refractivity contribution >= 4 is 35.5 Å². The van der Waals surface area contributed by atoms with Crippen LogP contribution in [0.3, 0.4) is 0 Å². The van der Waals surface area contributed by atoms with Crippen molar-refractivity contribution in [3.8, 4) is 0 Å². The molecule has 53 heavy (non-hydrogen) atoms. The first-order valence-electron chi connectivity index (χ1n) is 18.2. The zero-order valence-electron chi connectivity index (χ0n) is 32.6. The van der Waals surface area contributed by atoms with Gasteiger partial charge in [-0.3, -0.25) is 24.0 Å². The molecule has 1 saturated heterocycles. The van der Waals surface area contributed by atoms with Crippen LogP contribution >= 0.6 is 0 Å². The summed E-state index contributed by atoms with van der Waals surface area (Å²) < 4.78 is 11.5. The largest absolute Gasteiger partial charge is 0.449 e. The molecule has 0 bridgehead atoms. The topological polar surface area (TPSA) is 221 Å². The van der Waals surface area contributed by atoms with E-state index in [2.05, 4.69) is 31.3 Å². The number of ether oxygens (including phenoxy) is 2. The maximum atomic E-state index is 14.2. The molecule has 2 rings (SSSR count). The smallest absolute Gasteiger partial charge is 0.407 e. The van der Waals surface area contributed by atoms with Gasteiger partial charge in [0, 0.05) is 17.9 Å². The van der Waals surface area contributed by atoms with E-state index in [1.807, 2.05) is 41.5 Å². The van der Waals surface area contributed by atoms with E-state index in [1.165, 1.54) is 4.90 Å². The van der Waals surface area contributed by atoms with Gasteiger partial charge in [-0.25, -0.2) is 4.79 Å². The molecule has 5 amide bonds. The van der Waals surface area contributed by atoms with Gasteiger partial charge in [0.15, 0.2) is 0 Å². The summed E-state index contributed by atoms with van der Waals surface area (Å²) in [7, 11) is 0. The highest BCUT2D eigenvalue weighted by atomic mass is 16.5. The SMILES string of the molecule is CCCCC(NC(=O)[C@@H]1C[C@@H](OC(C)(C)C)CN1C(=O)[C@@H](NC(=O)OCC(C)C)C(C)(C)C)C(=O)C(=O)NCC(=O)N[C@H](CN=[N+]=[N-])c1ccccc1. The summed E-state index contributed by atoms with van der Waals surface area (Å²) in [6.07, 6.45) is 0.124. The average molecular weight is 743 g/mol. The molecule has 1 unspecified atom stereocenters. The maximum Gasteiger partial charge on any atom is 0.407 e. The van der Waals surface area contributed by atoms with Crippen molar-refractivity contribution in [2.24, 2.45) is 16.4 Å². The summed E-state index contributed by atoms with van der Waals surface area (Å²) in [6, 6.07) is 4.78. The minimum Gasteiger partial charge on any atom is -0.449 e. The number of benzene rings is 1. The second kappa shape index (κ2) is 20.5. The third-order valence-corrected chi connectivity index (χ3v) is 8.27. The van der Waals surface area contributed by atoms with Gasteiger partial charge in [-0.2, -0.15) is 0 Å². The molecule has 1 fully saturated rings. The number of rotatable bonds is 18. The standard InChI is InChI=1S/C37H58N8O8/c1-10-11-17-26(30(47)33(49)39-20-29(46)41-27(19-40-44-38)24-15-13-12-14-16-24)42-32(48)28-18-25(53-37(7,8)9)21-45(28)34(50)31(36(4,5)6)43-35(51)52-22-23(2)3/h12-16,23,25-28,31H,10-11,17-22H2,1-9H3,(H,39,49)(H,41,46)(H,42,48)(H,43,51)/t25-,26?,27-,28+,31-/m1/s1. The van der Waals surface area contributed by atoms with E-state index in [1.54, 1.807) is 51.1 Å². The minimum absolute atomic E-state index is 0.0519. The number of ketones is 1. The van der Waals surface area contributed by atoms with Crippen LogP contribution in [-0.4, -0.2) is 96.5 Å². The van der Waals surface area contributed by atoms with E-state index in [0.717, 1.165) is 0 Å². The number of hydrogen-bond acceptors (Lipinski definition) is 9. The van der Waals surface area contributed by atoms with E-state index >= 15 is 0 Å². The molecule has 0 spiro atoms. The van der Waals surface area contributed by atoms with Crippen LogP contribution < -0.4 is 21.3 Å². The average Bonchev–Trinajstić information content (AvgIpc) is 3.50. The summed E-state index contributed by atoms with van der Waals surface area (Å²) in [4.78, 5) is 84.3. The third kappa shape index (κ3) is 15.1. The van der Waals surface area contributed by atoms with Crippen LogP contribution in [-0.2, 0) is 33.4 Å². The zero-order valence-corrected chi connectivity index (χ0v) is 32.6. The Morgan fingerprint density at radius 2 is 1.66 bits per heavy atom. The zero-order chi connectivity index (χ0) is 39.9. The maximum absolute atomic E-state index is 14.2. The normalized spacial score (nSPS) is 17.5. The van der Waals surface area contributed by atoms with E-state index in [9.17, 15) is 28.8 Å². The molecule has 294 valence electrons. The van der Waals surface area contributed by atoms with Crippen LogP contribution in [0, 0.1) is 11.3 Å². The van der Waals surface area contributed by atoms with Crippen molar-refractivity contribution in [2.45, 2.75) is 124 Å². The highest BCUT2D eigenvalue weighted by Gasteiger charge is 2.47. The Bertz CT molecular complexity index is 1470. The number of likely N-dealkylation sites (tertiary alicyclic amines) is 1. The molecule has 1 aromatic carbocycles. The Labute approximate surface area is 312 Å². The summed E-state index contributed by atoms with van der Waals surface area (Å²) in [5.41, 5.74) is 8.09. The second-order valence-electron chi connectivity index (χ2n) is 15.7. The third-order valence-electron chi connectivity index (χ3n) is 8.27. The Hall–Kier alpha value is -4.69. The lowest BCUT2D eigenvalue weighted by molar-refractivity contribution is -0.144. The van der Waals surface area contributed by atoms with Crippen LogP contribution in [0.1, 0.15) is 99.6 Å². The number of unbranched alkanes of at least 4 members (excludes halogenated alkanes) is 1. The molecule has 1 heterocycles. The van der Waals surface area contributed by atoms with Crippen molar-refractivity contribution in [1.29, 1.82) is 0 Å². The molecule has 16 heteroatoms. The molecule has 4 N–H and O–H groups in total. The number of azide groups is 1. The number of nitrogens with one attached hydrogen (secondary N) is 4. The van der Waals surface area contributed by atoms with E-state index < -0.39 is 83.3 Å². The molecule has 1 aliphatic rings. The predicted molar refractivity (Wildman–Crippen MR) is 198 cm³/mol. The number of carbonyl (C=O) groups is 6. The summed E-state index contributed by atoms with van der Waals surface area (Å²) in [5.74, 6) is -3.74. The minimum atomic E-state index is -1.24. The van der Waals surface area contributed by atoms with Gasteiger partial charge in [0.25, 0.3) is 5.91 Å². The number of hydrogen-bond donors (Lipinski definition) is 4. The predicted octanol–water partition coefficient (Wildman–Crippen LogP) is 4.10. The molecular formula is C37H58N8O8. The van der Waals surface area contributed by atoms with Gasteiger partial charge in [0.1, 0.15) is 12.1 Å². The van der Waals surface area contributed by atoms with Gasteiger partial charge in [0.05, 0.1) is 43.5 Å². The van der Waals surface area contributed by atoms with Crippen LogP contribution in [0.25, 0.3) is 10.4 Å². The van der Waals surface area contributed by atoms with E-state index in [4.69, 9.17) is 15.0 Å². The Balaban J connectivity index is 2.25. The number of Topliss-reactive ketones (excluding diaryl/α,β-unsaturated/α-hetero) is 1. The molecule has 0 saturated carbocycles. The van der Waals surface area contributed by atoms with Gasteiger partial charge in [-0.15, -0.1) is 0 Å². The van der Waals surface area contributed by atoms with Crippen molar-refractivity contribution in [3.63, 3.8) is 0 Å². The molecular weight excluding hydrogens is 684 g/mol. The molecule has 16 nitrogen and oxygen atoms in total. The second-order valence-corrected chi connectivity index (χ2v) is 15.7. The van der Waals surface area contributed by atoms with Gasteiger partial charge in [-0.05, 0) is 49.6 Å². The van der Waals surface area contributed by atoms with Crippen LogP contribution in [0.2, 0.25) is 0 Å². The lowest BCUT2D eigenvalue weighted by atomic mass is 9.85. The van der Waals surface area contributed by atoms with Gasteiger partial charge in [-0.1, -0.05) is 89.8 Å². The van der Waals surface area contributed by atoms with Crippen molar-refractivity contribution in [1.82, 2.24) is 26.2 Å². The fourth-order valence-electron chi connectivity index (χ4n) is 5.73. The first kappa shape index (κ1) is 44.5. The highest BCUT2D eigenvalue weighted by Crippen LogP contribution is 2.29. The first-order valence-corrected chi connectivity index (χ1v) is 18.2. The van der Waals surface area contributed by atoms with Crippen molar-refractivity contribution in [3.05, 3.63) is 46.3 Å². The molecule has 0 radical (unpaired) electrons. The van der Waals surface area contributed by atoms with Gasteiger partial charge in [0.2, 0.25) is 23.5 Å². The monoisotopic (exact) mass is 742 g/mol. The Kier molecular flexibility index (Phi) is 17.2. The fourth-order valence-corrected chi connectivity index (χ4v) is 5.73. The number of carbonyl (C=O) groups excluding carboxylic acids is 6. The van der Waals surface area contributed by atoms with Crippen molar-refractivity contribution < 1.29 is 38.2 Å². The summed E-state index contributed by atoms with van der Waals surface area (Å²) in [5, 5.41) is 14.0. The highest BCUT2D eigenvalue weighted by molar-refractivity contribution is 6.38. The van der Waals surface area contributed by atoms with Gasteiger partial charge >= 0.3 is 6.09 Å². The molecule has 0 aromatic heterocycles. The van der Waals surface area contributed by atoms with Crippen molar-refractivity contribution in [2.75, 3.05) is 26.2 Å². The summed E-state index contributed by atoms with van der Waals surface area (Å²) in [6.45, 7) is 16.2. The van der Waals surface area contributed by atoms with Gasteiger partial charge < -0.3 is 35.6 Å².